The predicted octanol–water partition coefficient (Wildman–Crippen LogP) is 2.96. The Kier molecular flexibility index (Phi) is 4.58. The highest BCUT2D eigenvalue weighted by molar-refractivity contribution is 6.13. The number of hydrogen-bond acceptors (Lipinski definition) is 4. The minimum Gasteiger partial charge on any atom is -0.376 e. The molecule has 2 aromatic carbocycles. The number of primary amides is 1. The Labute approximate surface area is 151 Å². The van der Waals surface area contributed by atoms with Gasteiger partial charge in [-0.3, -0.25) is 14.6 Å². The molecule has 0 spiro atoms. The lowest BCUT2D eigenvalue weighted by molar-refractivity contribution is 0.0996. The molecule has 6 nitrogen and oxygen atoms in total. The second-order valence-corrected chi connectivity index (χ2v) is 6.27. The minimum absolute atomic E-state index is 0.293. The van der Waals surface area contributed by atoms with Gasteiger partial charge in [0.1, 0.15) is 0 Å². The first-order chi connectivity index (χ1) is 12.4. The van der Waals surface area contributed by atoms with Crippen molar-refractivity contribution in [1.82, 2.24) is 4.98 Å². The summed E-state index contributed by atoms with van der Waals surface area (Å²) in [6.07, 6.45) is 0. The molecule has 132 valence electrons. The number of carbonyl (C=O) groups excluding carboxylic acids is 2. The van der Waals surface area contributed by atoms with Gasteiger partial charge in [0.15, 0.2) is 0 Å². The molecular formula is C20H20N4O2. The first-order valence-electron chi connectivity index (χ1n) is 8.15. The second-order valence-electron chi connectivity index (χ2n) is 6.27. The summed E-state index contributed by atoms with van der Waals surface area (Å²) in [5, 5.41) is 3.78. The van der Waals surface area contributed by atoms with Crippen LogP contribution in [0.25, 0.3) is 10.9 Å². The van der Waals surface area contributed by atoms with Crippen LogP contribution in [0.15, 0.2) is 48.5 Å². The number of nitrogens with one attached hydrogen (secondary N) is 1. The third-order valence-corrected chi connectivity index (χ3v) is 4.12. The molecule has 0 saturated heterocycles. The number of amides is 2. The number of pyridine rings is 1. The molecule has 0 aliphatic heterocycles. The van der Waals surface area contributed by atoms with E-state index in [-0.39, 0.29) is 5.91 Å². The van der Waals surface area contributed by atoms with Gasteiger partial charge < -0.3 is 16.0 Å². The number of aromatic nitrogens is 1. The maximum Gasteiger partial charge on any atom is 0.257 e. The molecule has 3 rings (SSSR count). The molecule has 0 fully saturated rings. The van der Waals surface area contributed by atoms with E-state index in [1.54, 1.807) is 24.3 Å². The first-order valence-corrected chi connectivity index (χ1v) is 8.15. The first kappa shape index (κ1) is 17.4. The molecule has 0 aliphatic carbocycles. The van der Waals surface area contributed by atoms with Crippen LogP contribution in [0.3, 0.4) is 0 Å². The number of aryl methyl sites for hydroxylation is 1. The van der Waals surface area contributed by atoms with Gasteiger partial charge in [0.25, 0.3) is 5.91 Å². The number of carbonyl (C=O) groups is 2. The average Bonchev–Trinajstić information content (AvgIpc) is 2.60. The van der Waals surface area contributed by atoms with Crippen molar-refractivity contribution in [2.24, 2.45) is 5.73 Å². The van der Waals surface area contributed by atoms with Gasteiger partial charge in [-0.1, -0.05) is 18.2 Å². The third-order valence-electron chi connectivity index (χ3n) is 4.12. The summed E-state index contributed by atoms with van der Waals surface area (Å²) >= 11 is 0. The molecule has 3 aromatic rings. The average molecular weight is 348 g/mol. The van der Waals surface area contributed by atoms with Crippen molar-refractivity contribution >= 4 is 34.1 Å². The van der Waals surface area contributed by atoms with Crippen LogP contribution in [0.4, 0.5) is 11.4 Å². The molecule has 6 heteroatoms. The normalized spacial score (nSPS) is 10.6. The summed E-state index contributed by atoms with van der Waals surface area (Å²) in [5.74, 6) is -0.841. The van der Waals surface area contributed by atoms with E-state index in [0.29, 0.717) is 22.3 Å². The summed E-state index contributed by atoms with van der Waals surface area (Å²) in [7, 11) is 3.72. The molecule has 0 saturated carbocycles. The molecular weight excluding hydrogens is 328 g/mol. The number of fused-ring (bicyclic) bond motifs is 1. The lowest BCUT2D eigenvalue weighted by atomic mass is 10.1. The zero-order chi connectivity index (χ0) is 18.8. The van der Waals surface area contributed by atoms with Crippen molar-refractivity contribution < 1.29 is 9.59 Å². The van der Waals surface area contributed by atoms with Crippen LogP contribution in [0, 0.1) is 6.92 Å². The van der Waals surface area contributed by atoms with Crippen molar-refractivity contribution in [3.05, 3.63) is 65.4 Å². The van der Waals surface area contributed by atoms with Crippen LogP contribution in [-0.4, -0.2) is 30.9 Å². The highest BCUT2D eigenvalue weighted by Crippen LogP contribution is 2.27. The fraction of sp³-hybridized carbons (Fsp3) is 0.150. The Morgan fingerprint density at radius 3 is 2.54 bits per heavy atom. The molecule has 1 heterocycles. The van der Waals surface area contributed by atoms with E-state index >= 15 is 0 Å². The summed E-state index contributed by atoms with van der Waals surface area (Å²) < 4.78 is 0. The maximum absolute atomic E-state index is 12.9. The van der Waals surface area contributed by atoms with Gasteiger partial charge in [-0.15, -0.1) is 0 Å². The molecule has 0 unspecified atom stereocenters. The number of para-hydroxylation sites is 1. The van der Waals surface area contributed by atoms with Gasteiger partial charge in [-0.25, -0.2) is 0 Å². The molecule has 26 heavy (non-hydrogen) atoms. The summed E-state index contributed by atoms with van der Waals surface area (Å²) in [4.78, 5) is 30.7. The van der Waals surface area contributed by atoms with E-state index in [1.165, 1.54) is 0 Å². The zero-order valence-electron chi connectivity index (χ0n) is 14.9. The zero-order valence-corrected chi connectivity index (χ0v) is 14.9. The van der Waals surface area contributed by atoms with Crippen molar-refractivity contribution in [2.45, 2.75) is 6.92 Å². The fourth-order valence-corrected chi connectivity index (χ4v) is 2.80. The Morgan fingerprint density at radius 2 is 1.85 bits per heavy atom. The number of nitrogens with zero attached hydrogens (tertiary/aromatic N) is 2. The van der Waals surface area contributed by atoms with E-state index in [1.807, 2.05) is 50.2 Å². The number of rotatable bonds is 4. The molecule has 0 atom stereocenters. The Hall–Kier alpha value is -3.41. The molecule has 2 amide bonds. The predicted molar refractivity (Wildman–Crippen MR) is 104 cm³/mol. The van der Waals surface area contributed by atoms with E-state index in [2.05, 4.69) is 10.3 Å². The fourth-order valence-electron chi connectivity index (χ4n) is 2.80. The summed E-state index contributed by atoms with van der Waals surface area (Å²) in [6, 6.07) is 14.3. The van der Waals surface area contributed by atoms with Crippen LogP contribution in [-0.2, 0) is 0 Å². The van der Waals surface area contributed by atoms with Crippen LogP contribution < -0.4 is 16.0 Å². The van der Waals surface area contributed by atoms with Gasteiger partial charge in [0.05, 0.1) is 22.5 Å². The van der Waals surface area contributed by atoms with Gasteiger partial charge in [-0.2, -0.15) is 0 Å². The van der Waals surface area contributed by atoms with Crippen LogP contribution in [0.1, 0.15) is 26.4 Å². The summed E-state index contributed by atoms with van der Waals surface area (Å²) in [6.45, 7) is 1.88. The van der Waals surface area contributed by atoms with Gasteiger partial charge in [-0.05, 0) is 37.3 Å². The largest absolute Gasteiger partial charge is 0.376 e. The van der Waals surface area contributed by atoms with Crippen LogP contribution in [0.5, 0.6) is 0 Å². The lowest BCUT2D eigenvalue weighted by Gasteiger charge is -2.19. The third kappa shape index (κ3) is 3.35. The quantitative estimate of drug-likeness (QED) is 0.759. The molecule has 0 bridgehead atoms. The van der Waals surface area contributed by atoms with E-state index in [4.69, 9.17) is 5.73 Å². The topological polar surface area (TPSA) is 88.3 Å². The van der Waals surface area contributed by atoms with Crippen molar-refractivity contribution in [3.63, 3.8) is 0 Å². The van der Waals surface area contributed by atoms with Crippen molar-refractivity contribution in [1.29, 1.82) is 0 Å². The lowest BCUT2D eigenvalue weighted by Crippen LogP contribution is -2.19. The molecule has 3 N–H and O–H groups in total. The molecule has 0 radical (unpaired) electrons. The van der Waals surface area contributed by atoms with Crippen LogP contribution in [0.2, 0.25) is 0 Å². The Balaban J connectivity index is 2.04. The number of nitrogens with two attached hydrogens (primary N) is 1. The van der Waals surface area contributed by atoms with Gasteiger partial charge in [0, 0.05) is 30.7 Å². The smallest absolute Gasteiger partial charge is 0.257 e. The second kappa shape index (κ2) is 6.84. The van der Waals surface area contributed by atoms with E-state index in [9.17, 15) is 9.59 Å². The number of hydrogen-bond donors (Lipinski definition) is 2. The summed E-state index contributed by atoms with van der Waals surface area (Å²) in [5.41, 5.74) is 8.93. The number of anilines is 2. The van der Waals surface area contributed by atoms with Crippen LogP contribution >= 0.6 is 0 Å². The molecule has 1 aromatic heterocycles. The van der Waals surface area contributed by atoms with Gasteiger partial charge in [0.2, 0.25) is 5.91 Å². The minimum atomic E-state index is -0.548. The number of benzene rings is 2. The highest BCUT2D eigenvalue weighted by atomic mass is 16.2. The van der Waals surface area contributed by atoms with Crippen molar-refractivity contribution in [2.75, 3.05) is 24.3 Å². The highest BCUT2D eigenvalue weighted by Gasteiger charge is 2.15. The monoisotopic (exact) mass is 348 g/mol. The van der Waals surface area contributed by atoms with Gasteiger partial charge >= 0.3 is 0 Å². The van der Waals surface area contributed by atoms with E-state index in [0.717, 1.165) is 16.8 Å². The van der Waals surface area contributed by atoms with E-state index < -0.39 is 5.91 Å². The molecule has 0 aliphatic rings. The standard InChI is InChI=1S/C20H20N4O2/c1-12-7-8-13-5-4-6-15(18(13)22-12)20(26)23-16-11-14(19(21)25)9-10-17(16)24(2)3/h4-11H,1-3H3,(H2,21,25)(H,23,26). The maximum atomic E-state index is 12.9. The SMILES string of the molecule is Cc1ccc2cccc(C(=O)Nc3cc(C(N)=O)ccc3N(C)C)c2n1. The Morgan fingerprint density at radius 1 is 1.08 bits per heavy atom. The van der Waals surface area contributed by atoms with Crippen molar-refractivity contribution in [3.8, 4) is 0 Å². The Bertz CT molecular complexity index is 1010.